The molecule has 0 aromatic heterocycles. The molecule has 2 rings (SSSR count). The maximum atomic E-state index is 5.79. The monoisotopic (exact) mass is 240 g/mol. The van der Waals surface area contributed by atoms with E-state index in [9.17, 15) is 0 Å². The van der Waals surface area contributed by atoms with E-state index >= 15 is 0 Å². The van der Waals surface area contributed by atoms with Crippen molar-refractivity contribution in [3.63, 3.8) is 0 Å². The summed E-state index contributed by atoms with van der Waals surface area (Å²) in [6.07, 6.45) is 1.07. The molecule has 0 unspecified atom stereocenters. The lowest BCUT2D eigenvalue weighted by Gasteiger charge is -2.08. The van der Waals surface area contributed by atoms with Crippen LogP contribution in [0.2, 0.25) is 0 Å². The van der Waals surface area contributed by atoms with Gasteiger partial charge in [-0.2, -0.15) is 0 Å². The summed E-state index contributed by atoms with van der Waals surface area (Å²) in [5, 5.41) is 0. The van der Waals surface area contributed by atoms with Crippen molar-refractivity contribution >= 4 is 0 Å². The molecule has 0 saturated carbocycles. The van der Waals surface area contributed by atoms with E-state index in [0.29, 0.717) is 6.61 Å². The molecule has 0 heterocycles. The summed E-state index contributed by atoms with van der Waals surface area (Å²) >= 11 is 0. The van der Waals surface area contributed by atoms with Crippen LogP contribution in [-0.2, 0) is 13.0 Å². The molecule has 18 heavy (non-hydrogen) atoms. The molecule has 0 amide bonds. The van der Waals surface area contributed by atoms with Gasteiger partial charge in [-0.1, -0.05) is 37.3 Å². The largest absolute Gasteiger partial charge is 0.489 e. The molecular formula is C17H20O. The van der Waals surface area contributed by atoms with Crippen LogP contribution in [0, 0.1) is 13.8 Å². The summed E-state index contributed by atoms with van der Waals surface area (Å²) in [7, 11) is 0. The lowest BCUT2D eigenvalue weighted by atomic mass is 10.1. The third kappa shape index (κ3) is 3.13. The second kappa shape index (κ2) is 5.72. The van der Waals surface area contributed by atoms with Crippen molar-refractivity contribution < 1.29 is 4.74 Å². The maximum Gasteiger partial charge on any atom is 0.119 e. The summed E-state index contributed by atoms with van der Waals surface area (Å²) in [5.41, 5.74) is 5.20. The Morgan fingerprint density at radius 3 is 2.11 bits per heavy atom. The van der Waals surface area contributed by atoms with Gasteiger partial charge in [0.15, 0.2) is 0 Å². The molecule has 94 valence electrons. The van der Waals surface area contributed by atoms with Gasteiger partial charge in [0.1, 0.15) is 12.4 Å². The Morgan fingerprint density at radius 1 is 0.833 bits per heavy atom. The van der Waals surface area contributed by atoms with E-state index in [4.69, 9.17) is 4.74 Å². The molecular weight excluding hydrogens is 220 g/mol. The van der Waals surface area contributed by atoms with Gasteiger partial charge in [-0.15, -0.1) is 0 Å². The topological polar surface area (TPSA) is 9.23 Å². The Labute approximate surface area is 109 Å². The van der Waals surface area contributed by atoms with Crippen molar-refractivity contribution in [2.45, 2.75) is 33.8 Å². The van der Waals surface area contributed by atoms with Crippen molar-refractivity contribution in [2.24, 2.45) is 0 Å². The predicted molar refractivity (Wildman–Crippen MR) is 76.1 cm³/mol. The molecule has 2 aromatic carbocycles. The summed E-state index contributed by atoms with van der Waals surface area (Å²) < 4.78 is 5.79. The normalized spacial score (nSPS) is 10.4. The Kier molecular flexibility index (Phi) is 4.03. The first kappa shape index (κ1) is 12.7. The highest BCUT2D eigenvalue weighted by atomic mass is 16.5. The lowest BCUT2D eigenvalue weighted by molar-refractivity contribution is 0.306. The van der Waals surface area contributed by atoms with Gasteiger partial charge in [-0.05, 0) is 54.7 Å². The van der Waals surface area contributed by atoms with Crippen LogP contribution in [0.3, 0.4) is 0 Å². The van der Waals surface area contributed by atoms with Gasteiger partial charge < -0.3 is 4.74 Å². The molecule has 2 aromatic rings. The molecule has 0 spiro atoms. The molecule has 0 aliphatic heterocycles. The maximum absolute atomic E-state index is 5.79. The first-order valence-corrected chi connectivity index (χ1v) is 6.47. The molecule has 0 aliphatic rings. The SMILES string of the molecule is CCc1ccc(OCc2ccc(C)c(C)c2)cc1. The second-order valence-corrected chi connectivity index (χ2v) is 4.70. The van der Waals surface area contributed by atoms with Crippen molar-refractivity contribution in [1.82, 2.24) is 0 Å². The van der Waals surface area contributed by atoms with Gasteiger partial charge in [-0.25, -0.2) is 0 Å². The van der Waals surface area contributed by atoms with E-state index in [0.717, 1.165) is 12.2 Å². The van der Waals surface area contributed by atoms with Gasteiger partial charge in [-0.3, -0.25) is 0 Å². The molecule has 0 saturated heterocycles. The number of benzene rings is 2. The number of hydrogen-bond donors (Lipinski definition) is 0. The fourth-order valence-electron chi connectivity index (χ4n) is 1.88. The highest BCUT2D eigenvalue weighted by Gasteiger charge is 1.98. The first-order chi connectivity index (χ1) is 8.69. The molecule has 1 nitrogen and oxygen atoms in total. The first-order valence-electron chi connectivity index (χ1n) is 6.47. The second-order valence-electron chi connectivity index (χ2n) is 4.70. The molecule has 0 atom stereocenters. The van der Waals surface area contributed by atoms with Crippen molar-refractivity contribution in [3.05, 3.63) is 64.7 Å². The molecule has 0 radical (unpaired) electrons. The van der Waals surface area contributed by atoms with Crippen molar-refractivity contribution in [2.75, 3.05) is 0 Å². The molecule has 0 bridgehead atoms. The van der Waals surface area contributed by atoms with Gasteiger partial charge in [0.05, 0.1) is 0 Å². The van der Waals surface area contributed by atoms with Crippen LogP contribution >= 0.6 is 0 Å². The van der Waals surface area contributed by atoms with Crippen LogP contribution in [0.4, 0.5) is 0 Å². The van der Waals surface area contributed by atoms with Gasteiger partial charge in [0.2, 0.25) is 0 Å². The van der Waals surface area contributed by atoms with Gasteiger partial charge in [0, 0.05) is 0 Å². The number of aryl methyl sites for hydroxylation is 3. The number of rotatable bonds is 4. The van der Waals surface area contributed by atoms with Crippen molar-refractivity contribution in [3.8, 4) is 5.75 Å². The minimum absolute atomic E-state index is 0.632. The highest BCUT2D eigenvalue weighted by molar-refractivity contribution is 5.31. The minimum atomic E-state index is 0.632. The van der Waals surface area contributed by atoms with Crippen LogP contribution in [0.25, 0.3) is 0 Å². The average molecular weight is 240 g/mol. The third-order valence-corrected chi connectivity index (χ3v) is 3.31. The highest BCUT2D eigenvalue weighted by Crippen LogP contribution is 2.16. The Balaban J connectivity index is 1.99. The zero-order valence-electron chi connectivity index (χ0n) is 11.4. The van der Waals surface area contributed by atoms with E-state index in [1.807, 2.05) is 12.1 Å². The smallest absolute Gasteiger partial charge is 0.119 e. The average Bonchev–Trinajstić information content (AvgIpc) is 2.41. The zero-order chi connectivity index (χ0) is 13.0. The van der Waals surface area contributed by atoms with E-state index in [2.05, 4.69) is 51.1 Å². The standard InChI is InChI=1S/C17H20O/c1-4-15-7-9-17(10-8-15)18-12-16-6-5-13(2)14(3)11-16/h5-11H,4,12H2,1-3H3. The van der Waals surface area contributed by atoms with E-state index in [1.54, 1.807) is 0 Å². The van der Waals surface area contributed by atoms with Crippen LogP contribution in [-0.4, -0.2) is 0 Å². The molecule has 0 fully saturated rings. The number of ether oxygens (including phenoxy) is 1. The van der Waals surface area contributed by atoms with Crippen LogP contribution in [0.15, 0.2) is 42.5 Å². The number of hydrogen-bond acceptors (Lipinski definition) is 1. The lowest BCUT2D eigenvalue weighted by Crippen LogP contribution is -1.96. The quantitative estimate of drug-likeness (QED) is 0.767. The zero-order valence-corrected chi connectivity index (χ0v) is 11.4. The van der Waals surface area contributed by atoms with E-state index in [1.165, 1.54) is 22.3 Å². The Bertz CT molecular complexity index is 512. The van der Waals surface area contributed by atoms with Gasteiger partial charge >= 0.3 is 0 Å². The van der Waals surface area contributed by atoms with Crippen molar-refractivity contribution in [1.29, 1.82) is 0 Å². The summed E-state index contributed by atoms with van der Waals surface area (Å²) in [4.78, 5) is 0. The molecule has 0 N–H and O–H groups in total. The van der Waals surface area contributed by atoms with Crippen LogP contribution in [0.1, 0.15) is 29.2 Å². The summed E-state index contributed by atoms with van der Waals surface area (Å²) in [6, 6.07) is 14.8. The third-order valence-electron chi connectivity index (χ3n) is 3.31. The van der Waals surface area contributed by atoms with E-state index in [-0.39, 0.29) is 0 Å². The fraction of sp³-hybridized carbons (Fsp3) is 0.294. The van der Waals surface area contributed by atoms with Gasteiger partial charge in [0.25, 0.3) is 0 Å². The Hall–Kier alpha value is -1.76. The van der Waals surface area contributed by atoms with Crippen LogP contribution < -0.4 is 4.74 Å². The van der Waals surface area contributed by atoms with E-state index < -0.39 is 0 Å². The molecule has 1 heteroatoms. The minimum Gasteiger partial charge on any atom is -0.489 e. The molecule has 0 aliphatic carbocycles. The van der Waals surface area contributed by atoms with Crippen LogP contribution in [0.5, 0.6) is 5.75 Å². The summed E-state index contributed by atoms with van der Waals surface area (Å²) in [6.45, 7) is 7.05. The predicted octanol–water partition coefficient (Wildman–Crippen LogP) is 4.44. The summed E-state index contributed by atoms with van der Waals surface area (Å²) in [5.74, 6) is 0.936. The fourth-order valence-corrected chi connectivity index (χ4v) is 1.88. The Morgan fingerprint density at radius 2 is 1.50 bits per heavy atom.